The van der Waals surface area contributed by atoms with Gasteiger partial charge in [-0.1, -0.05) is 38.3 Å². The SMILES string of the molecule is CCCCCCOC1CCC(c2ccc(-c3ccc(OCC)c(F)c3F)c(F)c2)OC1. The van der Waals surface area contributed by atoms with Gasteiger partial charge in [0.1, 0.15) is 5.82 Å². The fourth-order valence-corrected chi connectivity index (χ4v) is 3.86. The van der Waals surface area contributed by atoms with Gasteiger partial charge in [-0.2, -0.15) is 4.39 Å². The van der Waals surface area contributed by atoms with Gasteiger partial charge >= 0.3 is 0 Å². The lowest BCUT2D eigenvalue weighted by atomic mass is 9.96. The maximum absolute atomic E-state index is 14.8. The van der Waals surface area contributed by atoms with Gasteiger partial charge in [-0.05, 0) is 49.9 Å². The third-order valence-corrected chi connectivity index (χ3v) is 5.59. The van der Waals surface area contributed by atoms with E-state index in [1.165, 1.54) is 43.5 Å². The van der Waals surface area contributed by atoms with Gasteiger partial charge in [0.05, 0.1) is 25.4 Å². The van der Waals surface area contributed by atoms with E-state index in [0.29, 0.717) is 12.2 Å². The van der Waals surface area contributed by atoms with Crippen molar-refractivity contribution in [1.82, 2.24) is 0 Å². The van der Waals surface area contributed by atoms with Crippen LogP contribution in [-0.4, -0.2) is 25.9 Å². The summed E-state index contributed by atoms with van der Waals surface area (Å²) < 4.78 is 60.3. The Labute approximate surface area is 182 Å². The zero-order valence-electron chi connectivity index (χ0n) is 18.3. The van der Waals surface area contributed by atoms with Crippen molar-refractivity contribution in [3.05, 3.63) is 53.3 Å². The fourth-order valence-electron chi connectivity index (χ4n) is 3.86. The molecular formula is C25H31F3O3. The van der Waals surface area contributed by atoms with Gasteiger partial charge in [-0.25, -0.2) is 8.78 Å². The topological polar surface area (TPSA) is 27.7 Å². The predicted octanol–water partition coefficient (Wildman–Crippen LogP) is 6.99. The first-order valence-electron chi connectivity index (χ1n) is 11.2. The van der Waals surface area contributed by atoms with Gasteiger partial charge in [0.15, 0.2) is 11.6 Å². The van der Waals surface area contributed by atoms with Crippen LogP contribution in [0.2, 0.25) is 0 Å². The molecule has 0 aromatic heterocycles. The maximum Gasteiger partial charge on any atom is 0.201 e. The molecule has 1 aliphatic rings. The first-order valence-corrected chi connectivity index (χ1v) is 11.2. The molecule has 2 unspecified atom stereocenters. The second-order valence-corrected chi connectivity index (χ2v) is 7.86. The molecule has 170 valence electrons. The third-order valence-electron chi connectivity index (χ3n) is 5.59. The quantitative estimate of drug-likeness (QED) is 0.376. The normalized spacial score (nSPS) is 18.9. The molecule has 1 fully saturated rings. The summed E-state index contributed by atoms with van der Waals surface area (Å²) in [6, 6.07) is 7.18. The van der Waals surface area contributed by atoms with E-state index in [0.717, 1.165) is 25.9 Å². The van der Waals surface area contributed by atoms with Crippen LogP contribution < -0.4 is 4.74 Å². The molecule has 2 aromatic rings. The van der Waals surface area contributed by atoms with Crippen LogP contribution in [-0.2, 0) is 9.47 Å². The Morgan fingerprint density at radius 1 is 0.935 bits per heavy atom. The summed E-state index contributed by atoms with van der Waals surface area (Å²) in [5, 5.41) is 0. The average molecular weight is 437 g/mol. The summed E-state index contributed by atoms with van der Waals surface area (Å²) in [5.41, 5.74) is 0.563. The molecule has 2 atom stereocenters. The van der Waals surface area contributed by atoms with Gasteiger partial charge < -0.3 is 14.2 Å². The second kappa shape index (κ2) is 11.5. The van der Waals surface area contributed by atoms with E-state index in [1.807, 2.05) is 0 Å². The first-order chi connectivity index (χ1) is 15.0. The zero-order chi connectivity index (χ0) is 22.2. The van der Waals surface area contributed by atoms with Crippen molar-refractivity contribution in [1.29, 1.82) is 0 Å². The lowest BCUT2D eigenvalue weighted by Crippen LogP contribution is -2.28. The van der Waals surface area contributed by atoms with Gasteiger partial charge in [-0.3, -0.25) is 0 Å². The average Bonchev–Trinajstić information content (AvgIpc) is 2.78. The Bertz CT molecular complexity index is 848. The number of hydrogen-bond acceptors (Lipinski definition) is 3. The van der Waals surface area contributed by atoms with Gasteiger partial charge in [0, 0.05) is 17.7 Å². The first kappa shape index (κ1) is 23.6. The van der Waals surface area contributed by atoms with E-state index in [2.05, 4.69) is 6.92 Å². The van der Waals surface area contributed by atoms with Crippen LogP contribution in [0.25, 0.3) is 11.1 Å². The van der Waals surface area contributed by atoms with Crippen LogP contribution in [0.1, 0.15) is 64.0 Å². The number of halogens is 3. The van der Waals surface area contributed by atoms with Crippen LogP contribution in [0.3, 0.4) is 0 Å². The Morgan fingerprint density at radius 2 is 1.74 bits per heavy atom. The fraction of sp³-hybridized carbons (Fsp3) is 0.520. The van der Waals surface area contributed by atoms with Crippen molar-refractivity contribution in [2.45, 2.75) is 64.6 Å². The van der Waals surface area contributed by atoms with E-state index >= 15 is 0 Å². The van der Waals surface area contributed by atoms with Crippen LogP contribution in [0.4, 0.5) is 13.2 Å². The molecule has 6 heteroatoms. The number of rotatable bonds is 10. The van der Waals surface area contributed by atoms with Crippen molar-refractivity contribution >= 4 is 0 Å². The monoisotopic (exact) mass is 436 g/mol. The summed E-state index contributed by atoms with van der Waals surface area (Å²) in [5.74, 6) is -3.03. The van der Waals surface area contributed by atoms with E-state index in [4.69, 9.17) is 14.2 Å². The Hall–Kier alpha value is -2.05. The molecule has 0 radical (unpaired) electrons. The molecule has 1 aliphatic heterocycles. The molecule has 3 rings (SSSR count). The number of unbranched alkanes of at least 4 members (excludes halogenated alkanes) is 3. The van der Waals surface area contributed by atoms with Crippen molar-refractivity contribution in [2.75, 3.05) is 19.8 Å². The minimum atomic E-state index is -1.12. The van der Waals surface area contributed by atoms with Gasteiger partial charge in [0.25, 0.3) is 0 Å². The molecular weight excluding hydrogens is 405 g/mol. The molecule has 0 aliphatic carbocycles. The van der Waals surface area contributed by atoms with Crippen molar-refractivity contribution in [3.8, 4) is 16.9 Å². The van der Waals surface area contributed by atoms with E-state index in [-0.39, 0.29) is 35.7 Å². The molecule has 0 bridgehead atoms. The third kappa shape index (κ3) is 6.01. The summed E-state index contributed by atoms with van der Waals surface area (Å²) in [4.78, 5) is 0. The highest BCUT2D eigenvalue weighted by Crippen LogP contribution is 2.35. The maximum atomic E-state index is 14.8. The Kier molecular flexibility index (Phi) is 8.79. The van der Waals surface area contributed by atoms with Crippen molar-refractivity contribution < 1.29 is 27.4 Å². The van der Waals surface area contributed by atoms with E-state index in [1.54, 1.807) is 13.0 Å². The molecule has 0 spiro atoms. The van der Waals surface area contributed by atoms with Crippen LogP contribution in [0.5, 0.6) is 5.75 Å². The lowest BCUT2D eigenvalue weighted by molar-refractivity contribution is -0.0873. The molecule has 3 nitrogen and oxygen atoms in total. The van der Waals surface area contributed by atoms with Crippen LogP contribution in [0.15, 0.2) is 30.3 Å². The molecule has 0 saturated carbocycles. The number of ether oxygens (including phenoxy) is 3. The highest BCUT2D eigenvalue weighted by atomic mass is 19.2. The van der Waals surface area contributed by atoms with E-state index < -0.39 is 17.5 Å². The van der Waals surface area contributed by atoms with Gasteiger partial charge in [0.2, 0.25) is 5.82 Å². The molecule has 31 heavy (non-hydrogen) atoms. The predicted molar refractivity (Wildman–Crippen MR) is 115 cm³/mol. The largest absolute Gasteiger partial charge is 0.491 e. The summed E-state index contributed by atoms with van der Waals surface area (Å²) in [7, 11) is 0. The molecule has 1 heterocycles. The molecule has 2 aromatic carbocycles. The Morgan fingerprint density at radius 3 is 2.42 bits per heavy atom. The Balaban J connectivity index is 1.61. The second-order valence-electron chi connectivity index (χ2n) is 7.86. The molecule has 0 amide bonds. The lowest BCUT2D eigenvalue weighted by Gasteiger charge is -2.29. The van der Waals surface area contributed by atoms with Crippen LogP contribution in [0, 0.1) is 17.5 Å². The summed E-state index contributed by atoms with van der Waals surface area (Å²) in [6.07, 6.45) is 6.07. The summed E-state index contributed by atoms with van der Waals surface area (Å²) in [6.45, 7) is 5.29. The minimum Gasteiger partial charge on any atom is -0.491 e. The summed E-state index contributed by atoms with van der Waals surface area (Å²) >= 11 is 0. The highest BCUT2D eigenvalue weighted by molar-refractivity contribution is 5.66. The zero-order valence-corrected chi connectivity index (χ0v) is 18.3. The number of benzene rings is 2. The van der Waals surface area contributed by atoms with Gasteiger partial charge in [-0.15, -0.1) is 0 Å². The molecule has 1 saturated heterocycles. The van der Waals surface area contributed by atoms with Crippen LogP contribution >= 0.6 is 0 Å². The highest BCUT2D eigenvalue weighted by Gasteiger charge is 2.25. The minimum absolute atomic E-state index is 0.00676. The smallest absolute Gasteiger partial charge is 0.201 e. The van der Waals surface area contributed by atoms with Crippen molar-refractivity contribution in [3.63, 3.8) is 0 Å². The number of hydrogen-bond donors (Lipinski definition) is 0. The van der Waals surface area contributed by atoms with E-state index in [9.17, 15) is 13.2 Å². The standard InChI is InChI=1S/C25H31F3O3/c1-3-5-6-7-14-30-18-9-12-22(31-16-18)17-8-10-19(21(26)15-17)20-11-13-23(29-4-2)25(28)24(20)27/h8,10-11,13,15,18,22H,3-7,9,12,14,16H2,1-2H3. The molecule has 0 N–H and O–H groups in total. The van der Waals surface area contributed by atoms with Crippen molar-refractivity contribution in [2.24, 2.45) is 0 Å².